The van der Waals surface area contributed by atoms with Gasteiger partial charge in [0, 0.05) is 11.8 Å². The molecule has 8 nitrogen and oxygen atoms in total. The number of esters is 1. The highest BCUT2D eigenvalue weighted by Crippen LogP contribution is 2.21. The van der Waals surface area contributed by atoms with Crippen molar-refractivity contribution in [3.8, 4) is 11.5 Å². The molecule has 140 valence electrons. The van der Waals surface area contributed by atoms with Gasteiger partial charge in [-0.05, 0) is 48.5 Å². The number of benzene rings is 1. The summed E-state index contributed by atoms with van der Waals surface area (Å²) >= 11 is 0. The molecule has 3 aromatic heterocycles. The van der Waals surface area contributed by atoms with Crippen molar-refractivity contribution in [3.05, 3.63) is 84.1 Å². The van der Waals surface area contributed by atoms with Crippen molar-refractivity contribution in [1.82, 2.24) is 5.16 Å². The van der Waals surface area contributed by atoms with E-state index >= 15 is 0 Å². The molecule has 3 heterocycles. The zero-order chi connectivity index (χ0) is 19.3. The maximum absolute atomic E-state index is 12.2. The van der Waals surface area contributed by atoms with Crippen molar-refractivity contribution < 1.29 is 27.7 Å². The summed E-state index contributed by atoms with van der Waals surface area (Å²) in [5.41, 5.74) is 1.32. The number of carbonyl (C=O) groups excluding carboxylic acids is 2. The van der Waals surface area contributed by atoms with Crippen LogP contribution < -0.4 is 5.32 Å². The Labute approximate surface area is 158 Å². The van der Waals surface area contributed by atoms with Gasteiger partial charge in [-0.1, -0.05) is 5.16 Å². The lowest BCUT2D eigenvalue weighted by Crippen LogP contribution is -2.11. The van der Waals surface area contributed by atoms with Gasteiger partial charge in [-0.2, -0.15) is 0 Å². The summed E-state index contributed by atoms with van der Waals surface area (Å²) in [7, 11) is 0. The third-order valence-electron chi connectivity index (χ3n) is 3.80. The minimum atomic E-state index is -0.522. The summed E-state index contributed by atoms with van der Waals surface area (Å²) in [5.74, 6) is 0.292. The van der Waals surface area contributed by atoms with E-state index in [2.05, 4.69) is 10.5 Å². The number of furan rings is 2. The quantitative estimate of drug-likeness (QED) is 0.502. The summed E-state index contributed by atoms with van der Waals surface area (Å²) in [5, 5.41) is 6.51. The minimum absolute atomic E-state index is 0.0416. The maximum Gasteiger partial charge on any atom is 0.338 e. The Morgan fingerprint density at radius 2 is 1.75 bits per heavy atom. The van der Waals surface area contributed by atoms with Crippen LogP contribution in [0.2, 0.25) is 0 Å². The molecule has 4 rings (SSSR count). The SMILES string of the molecule is O=C(OCc1cc(-c2ccco2)on1)c1ccc(NC(=O)c2ccco2)cc1. The third kappa shape index (κ3) is 3.85. The van der Waals surface area contributed by atoms with Crippen molar-refractivity contribution in [2.24, 2.45) is 0 Å². The number of rotatable bonds is 6. The second kappa shape index (κ2) is 7.67. The van der Waals surface area contributed by atoms with Crippen molar-refractivity contribution in [2.45, 2.75) is 6.61 Å². The van der Waals surface area contributed by atoms with E-state index in [0.29, 0.717) is 28.5 Å². The minimum Gasteiger partial charge on any atom is -0.461 e. The number of aromatic nitrogens is 1. The molecule has 0 unspecified atom stereocenters. The van der Waals surface area contributed by atoms with E-state index in [9.17, 15) is 9.59 Å². The van der Waals surface area contributed by atoms with Crippen LogP contribution in [0.5, 0.6) is 0 Å². The highest BCUT2D eigenvalue weighted by molar-refractivity contribution is 6.02. The topological polar surface area (TPSA) is 108 Å². The lowest BCUT2D eigenvalue weighted by Gasteiger charge is -2.05. The first-order valence-electron chi connectivity index (χ1n) is 8.30. The van der Waals surface area contributed by atoms with E-state index in [0.717, 1.165) is 0 Å². The molecule has 28 heavy (non-hydrogen) atoms. The van der Waals surface area contributed by atoms with Crippen LogP contribution in [-0.4, -0.2) is 17.0 Å². The molecule has 1 amide bonds. The Hall–Kier alpha value is -4.07. The number of hydrogen-bond donors (Lipinski definition) is 1. The molecule has 0 atom stereocenters. The highest BCUT2D eigenvalue weighted by Gasteiger charge is 2.13. The van der Waals surface area contributed by atoms with Crippen LogP contribution in [0.15, 0.2) is 80.5 Å². The molecule has 0 saturated carbocycles. The van der Waals surface area contributed by atoms with Gasteiger partial charge < -0.3 is 23.4 Å². The number of amides is 1. The molecule has 0 spiro atoms. The number of anilines is 1. The molecule has 0 fully saturated rings. The molecular formula is C20H14N2O6. The van der Waals surface area contributed by atoms with Crippen LogP contribution in [0.1, 0.15) is 26.6 Å². The highest BCUT2D eigenvalue weighted by atomic mass is 16.5. The van der Waals surface area contributed by atoms with E-state index in [-0.39, 0.29) is 18.3 Å². The molecule has 0 aliphatic heterocycles. The van der Waals surface area contributed by atoms with E-state index in [1.54, 1.807) is 54.6 Å². The lowest BCUT2D eigenvalue weighted by molar-refractivity contribution is 0.0464. The number of ether oxygens (including phenoxy) is 1. The monoisotopic (exact) mass is 378 g/mol. The number of hydrogen-bond acceptors (Lipinski definition) is 7. The van der Waals surface area contributed by atoms with Gasteiger partial charge in [0.15, 0.2) is 11.5 Å². The Balaban J connectivity index is 1.33. The fourth-order valence-corrected chi connectivity index (χ4v) is 2.43. The van der Waals surface area contributed by atoms with Crippen LogP contribution >= 0.6 is 0 Å². The summed E-state index contributed by atoms with van der Waals surface area (Å²) in [6, 6.07) is 14.6. The molecule has 0 saturated heterocycles. The second-order valence-electron chi connectivity index (χ2n) is 5.74. The predicted molar refractivity (Wildman–Crippen MR) is 96.4 cm³/mol. The van der Waals surface area contributed by atoms with Gasteiger partial charge in [0.1, 0.15) is 12.3 Å². The Morgan fingerprint density at radius 1 is 0.964 bits per heavy atom. The Bertz CT molecular complexity index is 1060. The van der Waals surface area contributed by atoms with Crippen LogP contribution in [0.25, 0.3) is 11.5 Å². The smallest absolute Gasteiger partial charge is 0.338 e. The first kappa shape index (κ1) is 17.3. The second-order valence-corrected chi connectivity index (χ2v) is 5.74. The Kier molecular flexibility index (Phi) is 4.75. The van der Waals surface area contributed by atoms with E-state index in [1.165, 1.54) is 12.5 Å². The van der Waals surface area contributed by atoms with Crippen LogP contribution in [0, 0.1) is 0 Å². The zero-order valence-electron chi connectivity index (χ0n) is 14.5. The third-order valence-corrected chi connectivity index (χ3v) is 3.80. The van der Waals surface area contributed by atoms with Crippen molar-refractivity contribution in [1.29, 1.82) is 0 Å². The van der Waals surface area contributed by atoms with E-state index < -0.39 is 5.97 Å². The van der Waals surface area contributed by atoms with Gasteiger partial charge in [-0.3, -0.25) is 4.79 Å². The van der Waals surface area contributed by atoms with Crippen LogP contribution in [0.4, 0.5) is 5.69 Å². The molecule has 0 radical (unpaired) electrons. The van der Waals surface area contributed by atoms with Gasteiger partial charge in [0.2, 0.25) is 5.76 Å². The molecule has 0 bridgehead atoms. The van der Waals surface area contributed by atoms with Crippen molar-refractivity contribution >= 4 is 17.6 Å². The van der Waals surface area contributed by atoms with Crippen LogP contribution in [-0.2, 0) is 11.3 Å². The van der Waals surface area contributed by atoms with Crippen molar-refractivity contribution in [2.75, 3.05) is 5.32 Å². The molecule has 0 aliphatic rings. The standard InChI is InChI=1S/C20H14N2O6/c23-19(17-4-2-10-26-17)21-14-7-5-13(6-8-14)20(24)27-12-15-11-18(28-22-15)16-3-1-9-25-16/h1-11H,12H2,(H,21,23). The zero-order valence-corrected chi connectivity index (χ0v) is 14.5. The summed E-state index contributed by atoms with van der Waals surface area (Å²) < 4.78 is 20.6. The molecule has 0 aliphatic carbocycles. The summed E-state index contributed by atoms with van der Waals surface area (Å²) in [4.78, 5) is 24.1. The fourth-order valence-electron chi connectivity index (χ4n) is 2.43. The molecule has 4 aromatic rings. The molecule has 8 heteroatoms. The number of nitrogens with zero attached hydrogens (tertiary/aromatic N) is 1. The Morgan fingerprint density at radius 3 is 2.46 bits per heavy atom. The number of carbonyl (C=O) groups is 2. The average molecular weight is 378 g/mol. The molecule has 1 aromatic carbocycles. The first-order valence-corrected chi connectivity index (χ1v) is 8.30. The van der Waals surface area contributed by atoms with Crippen LogP contribution in [0.3, 0.4) is 0 Å². The van der Waals surface area contributed by atoms with E-state index in [4.69, 9.17) is 18.1 Å². The number of nitrogens with one attached hydrogen (secondary N) is 1. The first-order chi connectivity index (χ1) is 13.7. The normalized spacial score (nSPS) is 10.6. The fraction of sp³-hybridized carbons (Fsp3) is 0.0500. The van der Waals surface area contributed by atoms with Crippen molar-refractivity contribution in [3.63, 3.8) is 0 Å². The predicted octanol–water partition coefficient (Wildman–Crippen LogP) is 4.14. The van der Waals surface area contributed by atoms with Gasteiger partial charge in [-0.15, -0.1) is 0 Å². The summed E-state index contributed by atoms with van der Waals surface area (Å²) in [6.45, 7) is -0.0416. The largest absolute Gasteiger partial charge is 0.461 e. The molecular weight excluding hydrogens is 364 g/mol. The average Bonchev–Trinajstić information content (AvgIpc) is 3.49. The summed E-state index contributed by atoms with van der Waals surface area (Å²) in [6.07, 6.45) is 2.94. The lowest BCUT2D eigenvalue weighted by atomic mass is 10.2. The van der Waals surface area contributed by atoms with Gasteiger partial charge >= 0.3 is 5.97 Å². The van der Waals surface area contributed by atoms with Gasteiger partial charge in [0.05, 0.1) is 18.1 Å². The maximum atomic E-state index is 12.2. The molecule has 1 N–H and O–H groups in total. The van der Waals surface area contributed by atoms with Gasteiger partial charge in [0.25, 0.3) is 5.91 Å². The van der Waals surface area contributed by atoms with Gasteiger partial charge in [-0.25, -0.2) is 4.79 Å². The van der Waals surface area contributed by atoms with E-state index in [1.807, 2.05) is 0 Å².